The molecule has 1 aromatic carbocycles. The molecule has 1 aliphatic rings. The monoisotopic (exact) mass is 325 g/mol. The molecule has 0 spiro atoms. The van der Waals surface area contributed by atoms with Gasteiger partial charge in [-0.05, 0) is 30.5 Å². The summed E-state index contributed by atoms with van der Waals surface area (Å²) in [6.45, 7) is 6.81. The lowest BCUT2D eigenvalue weighted by Crippen LogP contribution is -2.61. The highest BCUT2D eigenvalue weighted by molar-refractivity contribution is 9.10. The maximum Gasteiger partial charge on any atom is 0.0652 e. The SMILES string of the molecule is CCC(NC1CC(OC)C1(C)C)c1ccc(Br)cc1. The predicted octanol–water partition coefficient (Wildman–Crippen LogP) is 4.30. The van der Waals surface area contributed by atoms with Crippen molar-refractivity contribution in [2.75, 3.05) is 7.11 Å². The summed E-state index contributed by atoms with van der Waals surface area (Å²) < 4.78 is 6.66. The second-order valence-corrected chi connectivity index (χ2v) is 6.93. The highest BCUT2D eigenvalue weighted by Gasteiger charge is 2.48. The maximum atomic E-state index is 5.52. The first-order chi connectivity index (χ1) is 8.98. The van der Waals surface area contributed by atoms with Gasteiger partial charge in [0.15, 0.2) is 0 Å². The fraction of sp³-hybridized carbons (Fsp3) is 0.625. The summed E-state index contributed by atoms with van der Waals surface area (Å²) in [5.74, 6) is 0. The lowest BCUT2D eigenvalue weighted by atomic mass is 9.64. The first-order valence-electron chi connectivity index (χ1n) is 7.03. The van der Waals surface area contributed by atoms with E-state index in [1.807, 2.05) is 7.11 Å². The van der Waals surface area contributed by atoms with E-state index in [4.69, 9.17) is 4.74 Å². The van der Waals surface area contributed by atoms with Crippen LogP contribution in [0.25, 0.3) is 0 Å². The number of hydrogen-bond donors (Lipinski definition) is 1. The van der Waals surface area contributed by atoms with E-state index >= 15 is 0 Å². The van der Waals surface area contributed by atoms with Crippen molar-refractivity contribution in [3.8, 4) is 0 Å². The van der Waals surface area contributed by atoms with Gasteiger partial charge in [0.2, 0.25) is 0 Å². The Balaban J connectivity index is 2.03. The van der Waals surface area contributed by atoms with Gasteiger partial charge in [0.1, 0.15) is 0 Å². The lowest BCUT2D eigenvalue weighted by Gasteiger charge is -2.52. The lowest BCUT2D eigenvalue weighted by molar-refractivity contribution is -0.100. The van der Waals surface area contributed by atoms with Gasteiger partial charge < -0.3 is 10.1 Å². The van der Waals surface area contributed by atoms with E-state index in [-0.39, 0.29) is 5.41 Å². The highest BCUT2D eigenvalue weighted by Crippen LogP contribution is 2.43. The van der Waals surface area contributed by atoms with E-state index in [1.54, 1.807) is 0 Å². The Morgan fingerprint density at radius 1 is 1.37 bits per heavy atom. The van der Waals surface area contributed by atoms with Gasteiger partial charge in [0.25, 0.3) is 0 Å². The van der Waals surface area contributed by atoms with Gasteiger partial charge in [-0.2, -0.15) is 0 Å². The van der Waals surface area contributed by atoms with Crippen LogP contribution in [0.3, 0.4) is 0 Å². The van der Waals surface area contributed by atoms with Crippen LogP contribution in [0.1, 0.15) is 45.2 Å². The average Bonchev–Trinajstić information content (AvgIpc) is 2.39. The Hall–Kier alpha value is -0.380. The molecule has 3 atom stereocenters. The van der Waals surface area contributed by atoms with Crippen LogP contribution in [0.5, 0.6) is 0 Å². The summed E-state index contributed by atoms with van der Waals surface area (Å²) in [4.78, 5) is 0. The maximum absolute atomic E-state index is 5.52. The number of rotatable bonds is 5. The summed E-state index contributed by atoms with van der Waals surface area (Å²) in [7, 11) is 1.81. The second-order valence-electron chi connectivity index (χ2n) is 6.01. The molecule has 0 bridgehead atoms. The van der Waals surface area contributed by atoms with Crippen LogP contribution in [-0.2, 0) is 4.74 Å². The standard InChI is InChI=1S/C16H24BrNO/c1-5-13(11-6-8-12(17)9-7-11)18-14-10-15(19-4)16(14,2)3/h6-9,13-15,18H,5,10H2,1-4H3. The van der Waals surface area contributed by atoms with E-state index in [9.17, 15) is 0 Å². The third-order valence-electron chi connectivity index (χ3n) is 4.55. The Morgan fingerprint density at radius 2 is 2.00 bits per heavy atom. The van der Waals surface area contributed by atoms with E-state index in [0.717, 1.165) is 17.3 Å². The van der Waals surface area contributed by atoms with Gasteiger partial charge in [0, 0.05) is 29.1 Å². The minimum Gasteiger partial charge on any atom is -0.381 e. The van der Waals surface area contributed by atoms with Crippen molar-refractivity contribution in [2.24, 2.45) is 5.41 Å². The van der Waals surface area contributed by atoms with E-state index < -0.39 is 0 Å². The quantitative estimate of drug-likeness (QED) is 0.871. The summed E-state index contributed by atoms with van der Waals surface area (Å²) in [6, 6.07) is 9.59. The van der Waals surface area contributed by atoms with Crippen molar-refractivity contribution in [1.29, 1.82) is 0 Å². The summed E-state index contributed by atoms with van der Waals surface area (Å²) in [5.41, 5.74) is 1.58. The summed E-state index contributed by atoms with van der Waals surface area (Å²) in [5, 5.41) is 3.80. The molecular formula is C16H24BrNO. The molecule has 1 N–H and O–H groups in total. The minimum atomic E-state index is 0.220. The third-order valence-corrected chi connectivity index (χ3v) is 5.07. The van der Waals surface area contributed by atoms with Gasteiger partial charge in [-0.25, -0.2) is 0 Å². The molecule has 1 aromatic rings. The number of nitrogens with one attached hydrogen (secondary N) is 1. The van der Waals surface area contributed by atoms with Crippen LogP contribution < -0.4 is 5.32 Å². The predicted molar refractivity (Wildman–Crippen MR) is 83.3 cm³/mol. The topological polar surface area (TPSA) is 21.3 Å². The normalized spacial score (nSPS) is 26.8. The molecule has 0 amide bonds. The Labute approximate surface area is 125 Å². The molecule has 3 heteroatoms. The molecule has 1 saturated carbocycles. The number of halogens is 1. The fourth-order valence-electron chi connectivity index (χ4n) is 2.96. The molecule has 2 rings (SSSR count). The Morgan fingerprint density at radius 3 is 2.47 bits per heavy atom. The molecule has 3 unspecified atom stereocenters. The molecule has 1 fully saturated rings. The zero-order chi connectivity index (χ0) is 14.0. The van der Waals surface area contributed by atoms with E-state index in [0.29, 0.717) is 18.2 Å². The van der Waals surface area contributed by atoms with Crippen molar-refractivity contribution >= 4 is 15.9 Å². The van der Waals surface area contributed by atoms with Crippen LogP contribution in [0, 0.1) is 5.41 Å². The van der Waals surface area contributed by atoms with Gasteiger partial charge in [-0.3, -0.25) is 0 Å². The van der Waals surface area contributed by atoms with Gasteiger partial charge in [-0.15, -0.1) is 0 Å². The molecule has 19 heavy (non-hydrogen) atoms. The van der Waals surface area contributed by atoms with Crippen molar-refractivity contribution < 1.29 is 4.74 Å². The van der Waals surface area contributed by atoms with Crippen molar-refractivity contribution in [1.82, 2.24) is 5.32 Å². The van der Waals surface area contributed by atoms with Crippen LogP contribution >= 0.6 is 15.9 Å². The van der Waals surface area contributed by atoms with Crippen molar-refractivity contribution in [2.45, 2.75) is 51.8 Å². The number of hydrogen-bond acceptors (Lipinski definition) is 2. The third kappa shape index (κ3) is 3.04. The minimum absolute atomic E-state index is 0.220. The fourth-order valence-corrected chi connectivity index (χ4v) is 3.22. The first-order valence-corrected chi connectivity index (χ1v) is 7.82. The zero-order valence-electron chi connectivity index (χ0n) is 12.2. The van der Waals surface area contributed by atoms with Crippen LogP contribution in [0.4, 0.5) is 0 Å². The molecule has 0 radical (unpaired) electrons. The molecule has 2 nitrogen and oxygen atoms in total. The molecule has 0 aliphatic heterocycles. The van der Waals surface area contributed by atoms with Crippen LogP contribution in [0.2, 0.25) is 0 Å². The summed E-state index contributed by atoms with van der Waals surface area (Å²) >= 11 is 3.49. The van der Waals surface area contributed by atoms with Crippen molar-refractivity contribution in [3.63, 3.8) is 0 Å². The van der Waals surface area contributed by atoms with Gasteiger partial charge in [-0.1, -0.05) is 48.8 Å². The first kappa shape index (κ1) is 15.0. The molecule has 0 saturated heterocycles. The van der Waals surface area contributed by atoms with Crippen molar-refractivity contribution in [3.05, 3.63) is 34.3 Å². The van der Waals surface area contributed by atoms with Gasteiger partial charge in [0.05, 0.1) is 6.10 Å². The van der Waals surface area contributed by atoms with Crippen LogP contribution in [0.15, 0.2) is 28.7 Å². The Kier molecular flexibility index (Phi) is 4.70. The molecule has 106 valence electrons. The smallest absolute Gasteiger partial charge is 0.0652 e. The molecule has 0 aromatic heterocycles. The van der Waals surface area contributed by atoms with E-state index in [2.05, 4.69) is 66.3 Å². The summed E-state index contributed by atoms with van der Waals surface area (Å²) in [6.07, 6.45) is 2.59. The number of methoxy groups -OCH3 is 1. The molecule has 0 heterocycles. The van der Waals surface area contributed by atoms with Gasteiger partial charge >= 0.3 is 0 Å². The average molecular weight is 326 g/mol. The number of benzene rings is 1. The Bertz CT molecular complexity index is 415. The molecule has 1 aliphatic carbocycles. The van der Waals surface area contributed by atoms with Crippen LogP contribution in [-0.4, -0.2) is 19.3 Å². The molecular weight excluding hydrogens is 302 g/mol. The van der Waals surface area contributed by atoms with E-state index in [1.165, 1.54) is 5.56 Å². The number of ether oxygens (including phenoxy) is 1. The zero-order valence-corrected chi connectivity index (χ0v) is 13.8. The largest absolute Gasteiger partial charge is 0.381 e. The second kappa shape index (κ2) is 5.94. The highest BCUT2D eigenvalue weighted by atomic mass is 79.9.